The Morgan fingerprint density at radius 2 is 2.11 bits per heavy atom. The maximum absolute atomic E-state index is 11.5. The Hall–Kier alpha value is -0.810. The van der Waals surface area contributed by atoms with E-state index in [-0.39, 0.29) is 11.5 Å². The molecular weight excluding hydrogens is 232 g/mol. The molecule has 1 fully saturated rings. The average Bonchev–Trinajstić information content (AvgIpc) is 2.18. The largest absolute Gasteiger partial charge is 0.444 e. The van der Waals surface area contributed by atoms with E-state index in [9.17, 15) is 4.79 Å². The van der Waals surface area contributed by atoms with Gasteiger partial charge in [-0.15, -0.1) is 0 Å². The fourth-order valence-corrected chi connectivity index (χ4v) is 2.01. The molecule has 0 bridgehead atoms. The van der Waals surface area contributed by atoms with E-state index in [1.165, 1.54) is 0 Å². The van der Waals surface area contributed by atoms with Gasteiger partial charge in [0, 0.05) is 18.0 Å². The molecule has 0 radical (unpaired) electrons. The molecule has 5 heteroatoms. The van der Waals surface area contributed by atoms with E-state index in [2.05, 4.69) is 12.2 Å². The van der Waals surface area contributed by atoms with Gasteiger partial charge in [-0.1, -0.05) is 6.92 Å². The van der Waals surface area contributed by atoms with Crippen LogP contribution in [0.5, 0.6) is 0 Å². The fourth-order valence-electron chi connectivity index (χ4n) is 2.01. The van der Waals surface area contributed by atoms with E-state index in [1.54, 1.807) is 0 Å². The van der Waals surface area contributed by atoms with Crippen molar-refractivity contribution in [2.45, 2.75) is 52.2 Å². The number of hydrogen-bond donors (Lipinski definition) is 2. The topological polar surface area (TPSA) is 73.6 Å². The van der Waals surface area contributed by atoms with Crippen LogP contribution in [0.3, 0.4) is 0 Å². The van der Waals surface area contributed by atoms with Gasteiger partial charge in [-0.3, -0.25) is 0 Å². The molecule has 1 heterocycles. The summed E-state index contributed by atoms with van der Waals surface area (Å²) in [6.07, 6.45) is 1.53. The normalized spacial score (nSPS) is 19.8. The Bertz CT molecular complexity index is 277. The highest BCUT2D eigenvalue weighted by molar-refractivity contribution is 5.67. The summed E-state index contributed by atoms with van der Waals surface area (Å²) in [5.41, 5.74) is 5.78. The van der Waals surface area contributed by atoms with E-state index < -0.39 is 11.7 Å². The standard InChI is InChI=1S/C13H26N2O3/c1-5-13(8-17-9-13)6-10(14)7-15-11(16)18-12(2,3)4/h10H,5-9,14H2,1-4H3,(H,15,16). The first-order valence-corrected chi connectivity index (χ1v) is 6.56. The average molecular weight is 258 g/mol. The Labute approximate surface area is 109 Å². The third-order valence-electron chi connectivity index (χ3n) is 3.17. The number of carbonyl (C=O) groups is 1. The molecule has 106 valence electrons. The van der Waals surface area contributed by atoms with Gasteiger partial charge in [0.2, 0.25) is 0 Å². The van der Waals surface area contributed by atoms with Crippen molar-refractivity contribution in [3.63, 3.8) is 0 Å². The van der Waals surface area contributed by atoms with Gasteiger partial charge in [-0.25, -0.2) is 4.79 Å². The van der Waals surface area contributed by atoms with Gasteiger partial charge in [0.1, 0.15) is 5.60 Å². The molecule has 0 saturated carbocycles. The van der Waals surface area contributed by atoms with Crippen LogP contribution >= 0.6 is 0 Å². The van der Waals surface area contributed by atoms with Crippen LogP contribution in [0.15, 0.2) is 0 Å². The third kappa shape index (κ3) is 4.82. The number of ether oxygens (including phenoxy) is 2. The van der Waals surface area contributed by atoms with Crippen molar-refractivity contribution in [3.8, 4) is 0 Å². The van der Waals surface area contributed by atoms with E-state index in [0.29, 0.717) is 6.54 Å². The molecule has 1 aliphatic heterocycles. The van der Waals surface area contributed by atoms with Gasteiger partial charge in [0.15, 0.2) is 0 Å². The molecular formula is C13H26N2O3. The zero-order valence-electron chi connectivity index (χ0n) is 11.9. The smallest absolute Gasteiger partial charge is 0.407 e. The van der Waals surface area contributed by atoms with Crippen LogP contribution < -0.4 is 11.1 Å². The highest BCUT2D eigenvalue weighted by atomic mass is 16.6. The molecule has 1 saturated heterocycles. The second-order valence-electron chi connectivity index (χ2n) is 6.19. The second kappa shape index (κ2) is 5.89. The number of nitrogens with two attached hydrogens (primary N) is 1. The van der Waals surface area contributed by atoms with E-state index in [1.807, 2.05) is 20.8 Å². The van der Waals surface area contributed by atoms with Crippen molar-refractivity contribution in [2.24, 2.45) is 11.1 Å². The summed E-state index contributed by atoms with van der Waals surface area (Å²) in [7, 11) is 0. The number of rotatable bonds is 5. The predicted molar refractivity (Wildman–Crippen MR) is 70.4 cm³/mol. The Balaban J connectivity index is 2.24. The zero-order chi connectivity index (χ0) is 13.8. The van der Waals surface area contributed by atoms with Crippen molar-refractivity contribution in [3.05, 3.63) is 0 Å². The lowest BCUT2D eigenvalue weighted by molar-refractivity contribution is -0.121. The minimum absolute atomic E-state index is 0.0543. The van der Waals surface area contributed by atoms with Crippen LogP contribution in [0, 0.1) is 5.41 Å². The van der Waals surface area contributed by atoms with Crippen LogP contribution in [0.4, 0.5) is 4.79 Å². The number of nitrogens with one attached hydrogen (secondary N) is 1. The van der Waals surface area contributed by atoms with Crippen LogP contribution in [0.1, 0.15) is 40.5 Å². The Kier molecular flexibility index (Phi) is 4.99. The minimum atomic E-state index is -0.472. The molecule has 3 N–H and O–H groups in total. The predicted octanol–water partition coefficient (Wildman–Crippen LogP) is 1.66. The van der Waals surface area contributed by atoms with E-state index in [4.69, 9.17) is 15.2 Å². The Morgan fingerprint density at radius 3 is 2.50 bits per heavy atom. The molecule has 0 spiro atoms. The van der Waals surface area contributed by atoms with E-state index >= 15 is 0 Å². The first-order valence-electron chi connectivity index (χ1n) is 6.56. The van der Waals surface area contributed by atoms with Gasteiger partial charge in [0.05, 0.1) is 13.2 Å². The molecule has 5 nitrogen and oxygen atoms in total. The van der Waals surface area contributed by atoms with Crippen LogP contribution in [-0.2, 0) is 9.47 Å². The van der Waals surface area contributed by atoms with Crippen LogP contribution in [0.2, 0.25) is 0 Å². The molecule has 1 unspecified atom stereocenters. The van der Waals surface area contributed by atoms with Crippen molar-refractivity contribution in [1.29, 1.82) is 0 Å². The maximum atomic E-state index is 11.5. The molecule has 0 aliphatic carbocycles. The van der Waals surface area contributed by atoms with Gasteiger partial charge in [0.25, 0.3) is 0 Å². The zero-order valence-corrected chi connectivity index (χ0v) is 11.9. The van der Waals surface area contributed by atoms with Crippen molar-refractivity contribution in [2.75, 3.05) is 19.8 Å². The van der Waals surface area contributed by atoms with Crippen LogP contribution in [-0.4, -0.2) is 37.5 Å². The molecule has 0 aromatic heterocycles. The van der Waals surface area contributed by atoms with Gasteiger partial charge in [-0.2, -0.15) is 0 Å². The summed E-state index contributed by atoms with van der Waals surface area (Å²) < 4.78 is 10.4. The number of hydrogen-bond acceptors (Lipinski definition) is 4. The molecule has 0 aromatic carbocycles. The lowest BCUT2D eigenvalue weighted by Crippen LogP contribution is -2.49. The summed E-state index contributed by atoms with van der Waals surface area (Å²) >= 11 is 0. The minimum Gasteiger partial charge on any atom is -0.444 e. The monoisotopic (exact) mass is 258 g/mol. The lowest BCUT2D eigenvalue weighted by atomic mass is 9.77. The molecule has 1 amide bonds. The maximum Gasteiger partial charge on any atom is 0.407 e. The number of alkyl carbamates (subject to hydrolysis) is 1. The van der Waals surface area contributed by atoms with Gasteiger partial charge >= 0.3 is 6.09 Å². The summed E-state index contributed by atoms with van der Waals surface area (Å²) in [4.78, 5) is 11.5. The summed E-state index contributed by atoms with van der Waals surface area (Å²) in [5, 5.41) is 2.71. The lowest BCUT2D eigenvalue weighted by Gasteiger charge is -2.42. The van der Waals surface area contributed by atoms with Gasteiger partial charge in [-0.05, 0) is 33.6 Å². The molecule has 18 heavy (non-hydrogen) atoms. The van der Waals surface area contributed by atoms with Crippen LogP contribution in [0.25, 0.3) is 0 Å². The summed E-state index contributed by atoms with van der Waals surface area (Å²) in [6.45, 7) is 9.67. The molecule has 0 aromatic rings. The SMILES string of the molecule is CCC1(CC(N)CNC(=O)OC(C)(C)C)COC1. The second-order valence-corrected chi connectivity index (χ2v) is 6.19. The Morgan fingerprint density at radius 1 is 1.50 bits per heavy atom. The molecule has 1 atom stereocenters. The summed E-state index contributed by atoms with van der Waals surface area (Å²) in [6, 6.07) is -0.0543. The molecule has 1 aliphatic rings. The first-order chi connectivity index (χ1) is 8.26. The van der Waals surface area contributed by atoms with Crippen molar-refractivity contribution in [1.82, 2.24) is 5.32 Å². The fraction of sp³-hybridized carbons (Fsp3) is 0.923. The highest BCUT2D eigenvalue weighted by Gasteiger charge is 2.38. The number of carbonyl (C=O) groups excluding carboxylic acids is 1. The highest BCUT2D eigenvalue weighted by Crippen LogP contribution is 2.35. The van der Waals surface area contributed by atoms with E-state index in [0.717, 1.165) is 26.1 Å². The van der Waals surface area contributed by atoms with Crippen molar-refractivity contribution >= 4 is 6.09 Å². The van der Waals surface area contributed by atoms with Crippen molar-refractivity contribution < 1.29 is 14.3 Å². The number of amides is 1. The van der Waals surface area contributed by atoms with Gasteiger partial charge < -0.3 is 20.5 Å². The first kappa shape index (κ1) is 15.2. The quantitative estimate of drug-likeness (QED) is 0.786. The third-order valence-corrected chi connectivity index (χ3v) is 3.17. The molecule has 1 rings (SSSR count). The summed E-state index contributed by atoms with van der Waals surface area (Å²) in [5.74, 6) is 0.